The number of ether oxygens (including phenoxy) is 2. The first-order chi connectivity index (χ1) is 14.1. The number of rotatable bonds is 7. The van der Waals surface area contributed by atoms with Gasteiger partial charge in [0, 0.05) is 23.6 Å². The molecule has 0 unspecified atom stereocenters. The van der Waals surface area contributed by atoms with Crippen molar-refractivity contribution in [2.45, 2.75) is 13.8 Å². The van der Waals surface area contributed by atoms with Gasteiger partial charge in [-0.25, -0.2) is 4.79 Å². The van der Waals surface area contributed by atoms with E-state index in [1.165, 1.54) is 0 Å². The highest BCUT2D eigenvalue weighted by molar-refractivity contribution is 6.04. The minimum Gasteiger partial charge on any atom is -0.482 e. The molecule has 0 aliphatic heterocycles. The molecule has 6 nitrogen and oxygen atoms in total. The van der Waals surface area contributed by atoms with Gasteiger partial charge < -0.3 is 14.8 Å². The van der Waals surface area contributed by atoms with E-state index in [9.17, 15) is 9.59 Å². The Kier molecular flexibility index (Phi) is 6.58. The van der Waals surface area contributed by atoms with Crippen LogP contribution in [-0.2, 0) is 9.53 Å². The third kappa shape index (κ3) is 5.42. The van der Waals surface area contributed by atoms with E-state index in [-0.39, 0.29) is 12.5 Å². The van der Waals surface area contributed by atoms with E-state index in [4.69, 9.17) is 9.47 Å². The summed E-state index contributed by atoms with van der Waals surface area (Å²) < 4.78 is 10.2. The highest BCUT2D eigenvalue weighted by atomic mass is 16.6. The fourth-order valence-electron chi connectivity index (χ4n) is 2.76. The van der Waals surface area contributed by atoms with E-state index in [0.717, 1.165) is 16.7 Å². The number of pyridine rings is 1. The van der Waals surface area contributed by atoms with Crippen molar-refractivity contribution in [3.63, 3.8) is 0 Å². The Morgan fingerprint density at radius 1 is 0.966 bits per heavy atom. The summed E-state index contributed by atoms with van der Waals surface area (Å²) in [5.41, 5.74) is 4.12. The fraction of sp³-hybridized carbons (Fsp3) is 0.174. The number of esters is 1. The Labute approximate surface area is 169 Å². The van der Waals surface area contributed by atoms with Crippen molar-refractivity contribution in [2.75, 3.05) is 18.5 Å². The molecular weight excluding hydrogens is 368 g/mol. The van der Waals surface area contributed by atoms with Gasteiger partial charge in [0.2, 0.25) is 0 Å². The van der Waals surface area contributed by atoms with Crippen LogP contribution in [0.25, 0.3) is 11.1 Å². The molecule has 0 saturated heterocycles. The predicted octanol–water partition coefficient (Wildman–Crippen LogP) is 4.25. The number of aryl methyl sites for hydroxylation is 1. The van der Waals surface area contributed by atoms with E-state index in [2.05, 4.69) is 10.3 Å². The zero-order valence-corrected chi connectivity index (χ0v) is 16.3. The highest BCUT2D eigenvalue weighted by Gasteiger charge is 2.10. The number of hydrogen-bond donors (Lipinski definition) is 1. The Hall–Kier alpha value is -3.67. The van der Waals surface area contributed by atoms with Gasteiger partial charge in [-0.05, 0) is 73.0 Å². The molecule has 0 atom stereocenters. The van der Waals surface area contributed by atoms with Crippen LogP contribution < -0.4 is 10.1 Å². The molecule has 1 aromatic heterocycles. The van der Waals surface area contributed by atoms with E-state index < -0.39 is 5.97 Å². The standard InChI is InChI=1S/C23H22N2O4/c1-3-28-22(26)15-29-20-8-9-21(16(2)14-20)25-23(27)19-6-4-17(5-7-19)18-10-12-24-13-11-18/h4-14H,3,15H2,1-2H3,(H,25,27). The molecule has 3 aromatic rings. The van der Waals surface area contributed by atoms with Gasteiger partial charge in [-0.3, -0.25) is 9.78 Å². The summed E-state index contributed by atoms with van der Waals surface area (Å²) in [4.78, 5) is 28.0. The van der Waals surface area contributed by atoms with Crippen molar-refractivity contribution < 1.29 is 19.1 Å². The summed E-state index contributed by atoms with van der Waals surface area (Å²) in [7, 11) is 0. The SMILES string of the molecule is CCOC(=O)COc1ccc(NC(=O)c2ccc(-c3ccncc3)cc2)c(C)c1. The average molecular weight is 390 g/mol. The number of carbonyl (C=O) groups is 2. The minimum absolute atomic E-state index is 0.150. The number of aromatic nitrogens is 1. The number of anilines is 1. The van der Waals surface area contributed by atoms with Crippen LogP contribution in [0, 0.1) is 6.92 Å². The number of nitrogens with zero attached hydrogens (tertiary/aromatic N) is 1. The predicted molar refractivity (Wildman–Crippen MR) is 111 cm³/mol. The lowest BCUT2D eigenvalue weighted by molar-refractivity contribution is -0.145. The lowest BCUT2D eigenvalue weighted by Crippen LogP contribution is -2.15. The molecule has 0 saturated carbocycles. The average Bonchev–Trinajstić information content (AvgIpc) is 2.75. The van der Waals surface area contributed by atoms with Gasteiger partial charge in [-0.1, -0.05) is 12.1 Å². The van der Waals surface area contributed by atoms with Crippen molar-refractivity contribution in [1.82, 2.24) is 4.98 Å². The molecule has 1 N–H and O–H groups in total. The van der Waals surface area contributed by atoms with Crippen molar-refractivity contribution in [2.24, 2.45) is 0 Å². The molecule has 0 radical (unpaired) electrons. The summed E-state index contributed by atoms with van der Waals surface area (Å²) in [5.74, 6) is -0.0810. The summed E-state index contributed by atoms with van der Waals surface area (Å²) in [6.45, 7) is 3.77. The molecule has 6 heteroatoms. The number of carbonyl (C=O) groups excluding carboxylic acids is 2. The first-order valence-electron chi connectivity index (χ1n) is 9.27. The van der Waals surface area contributed by atoms with Crippen LogP contribution in [0.3, 0.4) is 0 Å². The summed E-state index contributed by atoms with van der Waals surface area (Å²) in [6, 6.07) is 16.4. The Bertz CT molecular complexity index is 986. The van der Waals surface area contributed by atoms with E-state index in [1.807, 2.05) is 31.2 Å². The molecule has 0 fully saturated rings. The van der Waals surface area contributed by atoms with Crippen molar-refractivity contribution in [1.29, 1.82) is 0 Å². The van der Waals surface area contributed by atoms with Crippen LogP contribution in [-0.4, -0.2) is 30.1 Å². The maximum atomic E-state index is 12.6. The Morgan fingerprint density at radius 3 is 2.31 bits per heavy atom. The zero-order valence-electron chi connectivity index (χ0n) is 16.3. The van der Waals surface area contributed by atoms with Crippen LogP contribution in [0.5, 0.6) is 5.75 Å². The fourth-order valence-corrected chi connectivity index (χ4v) is 2.76. The largest absolute Gasteiger partial charge is 0.482 e. The van der Waals surface area contributed by atoms with Gasteiger partial charge in [0.25, 0.3) is 5.91 Å². The molecule has 1 heterocycles. The second-order valence-electron chi connectivity index (χ2n) is 6.34. The smallest absolute Gasteiger partial charge is 0.344 e. The first-order valence-corrected chi connectivity index (χ1v) is 9.27. The monoisotopic (exact) mass is 390 g/mol. The minimum atomic E-state index is -0.419. The Morgan fingerprint density at radius 2 is 1.66 bits per heavy atom. The number of benzene rings is 2. The second kappa shape index (κ2) is 9.50. The molecular formula is C23H22N2O4. The third-order valence-corrected chi connectivity index (χ3v) is 4.27. The van der Waals surface area contributed by atoms with Gasteiger partial charge in [0.05, 0.1) is 6.61 Å². The van der Waals surface area contributed by atoms with Crippen LogP contribution in [0.4, 0.5) is 5.69 Å². The van der Waals surface area contributed by atoms with Crippen LogP contribution in [0.1, 0.15) is 22.8 Å². The summed E-state index contributed by atoms with van der Waals surface area (Å²) in [5, 5.41) is 2.90. The lowest BCUT2D eigenvalue weighted by atomic mass is 10.0. The molecule has 0 aliphatic carbocycles. The van der Waals surface area contributed by atoms with E-state index in [0.29, 0.717) is 23.6 Å². The molecule has 1 amide bonds. The first kappa shape index (κ1) is 20.1. The quantitative estimate of drug-likeness (QED) is 0.610. The second-order valence-corrected chi connectivity index (χ2v) is 6.34. The number of nitrogens with one attached hydrogen (secondary N) is 1. The van der Waals surface area contributed by atoms with Crippen molar-refractivity contribution >= 4 is 17.6 Å². The van der Waals surface area contributed by atoms with Gasteiger partial charge in [0.1, 0.15) is 5.75 Å². The van der Waals surface area contributed by atoms with Crippen molar-refractivity contribution in [3.05, 3.63) is 78.1 Å². The van der Waals surface area contributed by atoms with Gasteiger partial charge in [-0.2, -0.15) is 0 Å². The van der Waals surface area contributed by atoms with Gasteiger partial charge in [0.15, 0.2) is 6.61 Å². The summed E-state index contributed by atoms with van der Waals surface area (Å²) in [6.07, 6.45) is 3.47. The molecule has 29 heavy (non-hydrogen) atoms. The van der Waals surface area contributed by atoms with Gasteiger partial charge in [-0.15, -0.1) is 0 Å². The van der Waals surface area contributed by atoms with Crippen LogP contribution in [0.15, 0.2) is 67.0 Å². The highest BCUT2D eigenvalue weighted by Crippen LogP contribution is 2.23. The van der Waals surface area contributed by atoms with Crippen molar-refractivity contribution in [3.8, 4) is 16.9 Å². The van der Waals surface area contributed by atoms with Crippen LogP contribution >= 0.6 is 0 Å². The molecule has 0 bridgehead atoms. The lowest BCUT2D eigenvalue weighted by Gasteiger charge is -2.11. The third-order valence-electron chi connectivity index (χ3n) is 4.27. The van der Waals surface area contributed by atoms with Gasteiger partial charge >= 0.3 is 5.97 Å². The molecule has 0 aliphatic rings. The molecule has 0 spiro atoms. The van der Waals surface area contributed by atoms with E-state index >= 15 is 0 Å². The number of hydrogen-bond acceptors (Lipinski definition) is 5. The Balaban J connectivity index is 1.63. The molecule has 148 valence electrons. The molecule has 2 aromatic carbocycles. The van der Waals surface area contributed by atoms with E-state index in [1.54, 1.807) is 49.6 Å². The molecule has 3 rings (SSSR count). The summed E-state index contributed by atoms with van der Waals surface area (Å²) >= 11 is 0. The normalized spacial score (nSPS) is 10.3. The topological polar surface area (TPSA) is 77.5 Å². The maximum Gasteiger partial charge on any atom is 0.344 e. The maximum absolute atomic E-state index is 12.6. The zero-order chi connectivity index (χ0) is 20.6. The number of amides is 1. The van der Waals surface area contributed by atoms with Crippen LogP contribution in [0.2, 0.25) is 0 Å².